The van der Waals surface area contributed by atoms with Crippen molar-refractivity contribution in [2.24, 2.45) is 0 Å². The summed E-state index contributed by atoms with van der Waals surface area (Å²) in [6.07, 6.45) is 0. The van der Waals surface area contributed by atoms with E-state index >= 15 is 0 Å². The maximum absolute atomic E-state index is 12.5. The average Bonchev–Trinajstić information content (AvgIpc) is 2.35. The highest BCUT2D eigenvalue weighted by molar-refractivity contribution is 8.03. The third-order valence-corrected chi connectivity index (χ3v) is 4.95. The van der Waals surface area contributed by atoms with E-state index in [4.69, 9.17) is 0 Å². The van der Waals surface area contributed by atoms with E-state index in [1.807, 2.05) is 49.5 Å². The van der Waals surface area contributed by atoms with Crippen LogP contribution in [0.1, 0.15) is 13.8 Å². The van der Waals surface area contributed by atoms with Gasteiger partial charge in [-0.1, -0.05) is 12.1 Å². The van der Waals surface area contributed by atoms with Gasteiger partial charge in [0.15, 0.2) is 0 Å². The van der Waals surface area contributed by atoms with Gasteiger partial charge < -0.3 is 0 Å². The van der Waals surface area contributed by atoms with E-state index in [0.717, 1.165) is 11.4 Å². The first-order valence-electron chi connectivity index (χ1n) is 4.96. The van der Waals surface area contributed by atoms with Crippen LogP contribution in [0, 0.1) is 0 Å². The van der Waals surface area contributed by atoms with Crippen molar-refractivity contribution in [3.63, 3.8) is 0 Å². The highest BCUT2D eigenvalue weighted by Gasteiger charge is 2.34. The molecular weight excluding hydrogens is 208 g/mol. The fraction of sp³-hybridized carbons (Fsp3) is 0.364. The zero-order chi connectivity index (χ0) is 11.2. The van der Waals surface area contributed by atoms with E-state index in [1.54, 1.807) is 4.31 Å². The van der Waals surface area contributed by atoms with Crippen LogP contribution in [0.15, 0.2) is 24.3 Å². The Balaban J connectivity index is 2.67. The van der Waals surface area contributed by atoms with Crippen molar-refractivity contribution in [2.75, 3.05) is 15.7 Å². The Labute approximate surface area is 91.6 Å². The van der Waals surface area contributed by atoms with Crippen molar-refractivity contribution in [1.82, 2.24) is 0 Å². The summed E-state index contributed by atoms with van der Waals surface area (Å²) >= 11 is 0. The Morgan fingerprint density at radius 1 is 1.27 bits per heavy atom. The lowest BCUT2D eigenvalue weighted by Gasteiger charge is -2.27. The van der Waals surface area contributed by atoms with Gasteiger partial charge in [-0.2, -0.15) is 0 Å². The summed E-state index contributed by atoms with van der Waals surface area (Å²) in [5.74, 6) is 3.85. The van der Waals surface area contributed by atoms with Crippen LogP contribution >= 0.6 is 0 Å². The molecule has 0 aromatic heterocycles. The Morgan fingerprint density at radius 3 is 2.33 bits per heavy atom. The number of anilines is 2. The fourth-order valence-electron chi connectivity index (χ4n) is 1.96. The monoisotopic (exact) mass is 224 g/mol. The SMILES string of the molecule is C=S1(=O)N(C)c2ccccc2N1C(C)C. The molecule has 4 heteroatoms. The zero-order valence-corrected chi connectivity index (χ0v) is 10.1. The lowest BCUT2D eigenvalue weighted by atomic mass is 10.2. The summed E-state index contributed by atoms with van der Waals surface area (Å²) in [5.41, 5.74) is 2.00. The smallest absolute Gasteiger partial charge is 0.133 e. The van der Waals surface area contributed by atoms with Crippen molar-refractivity contribution in [1.29, 1.82) is 0 Å². The van der Waals surface area contributed by atoms with Crippen LogP contribution in [0.3, 0.4) is 0 Å². The highest BCUT2D eigenvalue weighted by Crippen LogP contribution is 2.40. The summed E-state index contributed by atoms with van der Waals surface area (Å²) in [6, 6.07) is 8.06. The molecule has 0 saturated carbocycles. The van der Waals surface area contributed by atoms with Crippen LogP contribution in [0.4, 0.5) is 11.4 Å². The molecule has 0 spiro atoms. The number of para-hydroxylation sites is 2. The lowest BCUT2D eigenvalue weighted by Crippen LogP contribution is -2.39. The van der Waals surface area contributed by atoms with Crippen LogP contribution in [-0.2, 0) is 9.89 Å². The minimum atomic E-state index is -2.36. The third-order valence-electron chi connectivity index (χ3n) is 2.66. The van der Waals surface area contributed by atoms with E-state index in [9.17, 15) is 4.21 Å². The van der Waals surface area contributed by atoms with Gasteiger partial charge in [0.05, 0.1) is 11.4 Å². The molecule has 0 N–H and O–H groups in total. The van der Waals surface area contributed by atoms with Gasteiger partial charge in [0, 0.05) is 13.1 Å². The molecule has 1 aromatic rings. The maximum Gasteiger partial charge on any atom is 0.133 e. The van der Waals surface area contributed by atoms with Gasteiger partial charge >= 0.3 is 0 Å². The van der Waals surface area contributed by atoms with Gasteiger partial charge in [-0.3, -0.25) is 8.61 Å². The molecule has 82 valence electrons. The van der Waals surface area contributed by atoms with Crippen LogP contribution < -0.4 is 8.61 Å². The summed E-state index contributed by atoms with van der Waals surface area (Å²) in [5, 5.41) is 0. The molecule has 2 rings (SSSR count). The van der Waals surface area contributed by atoms with Gasteiger partial charge in [0.25, 0.3) is 0 Å². The van der Waals surface area contributed by atoms with Crippen LogP contribution in [-0.4, -0.2) is 23.2 Å². The zero-order valence-electron chi connectivity index (χ0n) is 9.30. The minimum absolute atomic E-state index is 0.182. The second kappa shape index (κ2) is 3.17. The summed E-state index contributed by atoms with van der Waals surface area (Å²) in [4.78, 5) is 0. The summed E-state index contributed by atoms with van der Waals surface area (Å²) in [6.45, 7) is 4.06. The number of rotatable bonds is 1. The summed E-state index contributed by atoms with van der Waals surface area (Å²) in [7, 11) is -0.528. The minimum Gasteiger partial charge on any atom is -0.285 e. The Bertz CT molecular complexity index is 479. The summed E-state index contributed by atoms with van der Waals surface area (Å²) < 4.78 is 16.1. The molecule has 1 atom stereocenters. The number of hydrogen-bond acceptors (Lipinski definition) is 1. The topological polar surface area (TPSA) is 23.6 Å². The first-order chi connectivity index (χ1) is 6.96. The predicted molar refractivity (Wildman–Crippen MR) is 67.7 cm³/mol. The molecule has 1 unspecified atom stereocenters. The Kier molecular flexibility index (Phi) is 2.19. The molecule has 1 aliphatic rings. The number of hydrogen-bond donors (Lipinski definition) is 0. The fourth-order valence-corrected chi connectivity index (χ4v) is 3.81. The Hall–Kier alpha value is -1.16. The number of benzene rings is 1. The average molecular weight is 224 g/mol. The van der Waals surface area contributed by atoms with E-state index in [2.05, 4.69) is 5.87 Å². The van der Waals surface area contributed by atoms with Crippen molar-refractivity contribution in [3.05, 3.63) is 24.3 Å². The lowest BCUT2D eigenvalue weighted by molar-refractivity contribution is 0.671. The molecule has 0 amide bonds. The largest absolute Gasteiger partial charge is 0.285 e. The quantitative estimate of drug-likeness (QED) is 0.668. The number of fused-ring (bicyclic) bond motifs is 1. The van der Waals surface area contributed by atoms with Gasteiger partial charge in [-0.05, 0) is 31.9 Å². The first-order valence-corrected chi connectivity index (χ1v) is 6.60. The molecule has 0 saturated heterocycles. The molecule has 0 bridgehead atoms. The van der Waals surface area contributed by atoms with Crippen molar-refractivity contribution in [2.45, 2.75) is 19.9 Å². The number of nitrogens with zero attached hydrogens (tertiary/aromatic N) is 2. The highest BCUT2D eigenvalue weighted by atomic mass is 32.2. The van der Waals surface area contributed by atoms with Crippen LogP contribution in [0.25, 0.3) is 0 Å². The second-order valence-corrected chi connectivity index (χ2v) is 6.17. The van der Waals surface area contributed by atoms with Crippen LogP contribution in [0.2, 0.25) is 0 Å². The van der Waals surface area contributed by atoms with Crippen molar-refractivity contribution < 1.29 is 4.21 Å². The molecule has 0 aliphatic carbocycles. The molecule has 15 heavy (non-hydrogen) atoms. The first kappa shape index (κ1) is 10.4. The molecule has 1 aliphatic heterocycles. The van der Waals surface area contributed by atoms with Gasteiger partial charge in [0.2, 0.25) is 0 Å². The normalized spacial score (nSPS) is 24.8. The maximum atomic E-state index is 12.5. The Morgan fingerprint density at radius 2 is 1.80 bits per heavy atom. The van der Waals surface area contributed by atoms with Crippen molar-refractivity contribution >= 4 is 27.1 Å². The van der Waals surface area contributed by atoms with E-state index in [-0.39, 0.29) is 6.04 Å². The van der Waals surface area contributed by atoms with E-state index in [0.29, 0.717) is 0 Å². The molecule has 0 fully saturated rings. The van der Waals surface area contributed by atoms with Gasteiger partial charge in [-0.15, -0.1) is 0 Å². The van der Waals surface area contributed by atoms with Gasteiger partial charge in [-0.25, -0.2) is 4.21 Å². The molecule has 0 radical (unpaired) electrons. The van der Waals surface area contributed by atoms with Crippen LogP contribution in [0.5, 0.6) is 0 Å². The van der Waals surface area contributed by atoms with E-state index in [1.165, 1.54) is 0 Å². The third kappa shape index (κ3) is 1.32. The van der Waals surface area contributed by atoms with Crippen molar-refractivity contribution in [3.8, 4) is 0 Å². The standard InChI is InChI=1S/C11H16N2OS/c1-9(2)13-11-8-6-5-7-10(11)12(3)15(13,4)14/h5-9H,4H2,1-3H3. The molecule has 1 aromatic carbocycles. The molecular formula is C11H16N2OS. The van der Waals surface area contributed by atoms with Gasteiger partial charge in [0.1, 0.15) is 9.89 Å². The van der Waals surface area contributed by atoms with E-state index < -0.39 is 9.89 Å². The molecule has 1 heterocycles. The second-order valence-electron chi connectivity index (χ2n) is 4.01. The molecule has 3 nitrogen and oxygen atoms in total. The predicted octanol–water partition coefficient (Wildman–Crippen LogP) is 1.90.